The predicted molar refractivity (Wildman–Crippen MR) is 56.3 cm³/mol. The Morgan fingerprint density at radius 1 is 1.31 bits per heavy atom. The second kappa shape index (κ2) is 11.7. The summed E-state index contributed by atoms with van der Waals surface area (Å²) in [6.07, 6.45) is 4.16. The minimum atomic E-state index is -0.141. The first-order chi connectivity index (χ1) is 5.81. The van der Waals surface area contributed by atoms with Crippen molar-refractivity contribution >= 4 is 18.4 Å². The third-order valence-electron chi connectivity index (χ3n) is 1.69. The molecule has 80 valence electrons. The van der Waals surface area contributed by atoms with Crippen LogP contribution in [0.3, 0.4) is 0 Å². The van der Waals surface area contributed by atoms with Gasteiger partial charge in [-0.05, 0) is 13.0 Å². The molecule has 0 aromatic rings. The van der Waals surface area contributed by atoms with Crippen molar-refractivity contribution in [2.45, 2.75) is 32.6 Å². The summed E-state index contributed by atoms with van der Waals surface area (Å²) in [6.45, 7) is 3.91. The van der Waals surface area contributed by atoms with E-state index in [0.717, 1.165) is 13.1 Å². The van der Waals surface area contributed by atoms with E-state index in [1.54, 1.807) is 0 Å². The summed E-state index contributed by atoms with van der Waals surface area (Å²) in [5, 5.41) is 3.18. The average molecular weight is 210 g/mol. The van der Waals surface area contributed by atoms with Gasteiger partial charge in [-0.15, -0.1) is 12.4 Å². The fraction of sp³-hybridized carbons (Fsp3) is 0.889. The van der Waals surface area contributed by atoms with Crippen LogP contribution in [0.25, 0.3) is 0 Å². The molecule has 0 aliphatic rings. The van der Waals surface area contributed by atoms with Crippen LogP contribution in [0.2, 0.25) is 0 Å². The van der Waals surface area contributed by atoms with Crippen molar-refractivity contribution in [2.24, 2.45) is 0 Å². The Kier molecular flexibility index (Phi) is 13.7. The first-order valence-electron chi connectivity index (χ1n) is 4.58. The third-order valence-corrected chi connectivity index (χ3v) is 1.69. The number of unbranched alkanes of at least 4 members (excludes halogenated alkanes) is 2. The van der Waals surface area contributed by atoms with Crippen molar-refractivity contribution in [3.63, 3.8) is 0 Å². The number of ether oxygens (including phenoxy) is 1. The molecular formula is C9H20ClNO2. The van der Waals surface area contributed by atoms with E-state index in [4.69, 9.17) is 0 Å². The standard InChI is InChI=1S/C9H19NO2.ClH/c1-3-4-5-7-10-8-6-9(11)12-2;/h10H,3-8H2,1-2H3;1H. The van der Waals surface area contributed by atoms with Gasteiger partial charge in [0.05, 0.1) is 13.5 Å². The number of hydrogen-bond donors (Lipinski definition) is 1. The predicted octanol–water partition coefficient (Wildman–Crippen LogP) is 1.75. The molecule has 0 aromatic heterocycles. The minimum absolute atomic E-state index is 0. The molecule has 0 saturated carbocycles. The number of carbonyl (C=O) groups is 1. The summed E-state index contributed by atoms with van der Waals surface area (Å²) in [4.78, 5) is 10.6. The lowest BCUT2D eigenvalue weighted by molar-refractivity contribution is -0.140. The van der Waals surface area contributed by atoms with Crippen LogP contribution in [0.5, 0.6) is 0 Å². The van der Waals surface area contributed by atoms with Crippen LogP contribution in [-0.2, 0) is 9.53 Å². The number of esters is 1. The van der Waals surface area contributed by atoms with Crippen molar-refractivity contribution < 1.29 is 9.53 Å². The zero-order valence-electron chi connectivity index (χ0n) is 8.47. The molecule has 4 heteroatoms. The highest BCUT2D eigenvalue weighted by atomic mass is 35.5. The van der Waals surface area contributed by atoms with E-state index in [0.29, 0.717) is 6.42 Å². The Morgan fingerprint density at radius 2 is 2.00 bits per heavy atom. The van der Waals surface area contributed by atoms with Crippen molar-refractivity contribution in [1.29, 1.82) is 0 Å². The van der Waals surface area contributed by atoms with Crippen molar-refractivity contribution in [3.05, 3.63) is 0 Å². The van der Waals surface area contributed by atoms with Gasteiger partial charge in [0.15, 0.2) is 0 Å². The molecule has 0 aliphatic heterocycles. The summed E-state index contributed by atoms with van der Waals surface area (Å²) in [6, 6.07) is 0. The van der Waals surface area contributed by atoms with Crippen LogP contribution in [0.4, 0.5) is 0 Å². The molecular weight excluding hydrogens is 190 g/mol. The first-order valence-corrected chi connectivity index (χ1v) is 4.58. The van der Waals surface area contributed by atoms with Gasteiger partial charge in [0.1, 0.15) is 0 Å². The first kappa shape index (κ1) is 15.2. The molecule has 3 nitrogen and oxygen atoms in total. The molecule has 0 saturated heterocycles. The van der Waals surface area contributed by atoms with Gasteiger partial charge in [0.25, 0.3) is 0 Å². The molecule has 0 radical (unpaired) electrons. The molecule has 0 fully saturated rings. The van der Waals surface area contributed by atoms with Crippen molar-refractivity contribution in [1.82, 2.24) is 5.32 Å². The molecule has 0 atom stereocenters. The molecule has 0 bridgehead atoms. The summed E-state index contributed by atoms with van der Waals surface area (Å²) in [7, 11) is 1.42. The largest absolute Gasteiger partial charge is 0.469 e. The lowest BCUT2D eigenvalue weighted by Crippen LogP contribution is -2.19. The van der Waals surface area contributed by atoms with Crippen LogP contribution in [0, 0.1) is 0 Å². The third kappa shape index (κ3) is 11.7. The lowest BCUT2D eigenvalue weighted by atomic mass is 10.2. The van der Waals surface area contributed by atoms with E-state index in [2.05, 4.69) is 17.0 Å². The summed E-state index contributed by atoms with van der Waals surface area (Å²) < 4.78 is 4.50. The molecule has 1 N–H and O–H groups in total. The molecule has 0 amide bonds. The maximum Gasteiger partial charge on any atom is 0.306 e. The van der Waals surface area contributed by atoms with Gasteiger partial charge < -0.3 is 10.1 Å². The van der Waals surface area contributed by atoms with Crippen molar-refractivity contribution in [3.8, 4) is 0 Å². The SMILES string of the molecule is CCCCCNCCC(=O)OC.Cl. The number of methoxy groups -OCH3 is 1. The monoisotopic (exact) mass is 209 g/mol. The molecule has 0 heterocycles. The summed E-state index contributed by atoms with van der Waals surface area (Å²) >= 11 is 0. The lowest BCUT2D eigenvalue weighted by Gasteiger charge is -2.02. The van der Waals surface area contributed by atoms with Gasteiger partial charge in [0, 0.05) is 6.54 Å². The highest BCUT2D eigenvalue weighted by Crippen LogP contribution is 1.91. The average Bonchev–Trinajstić information content (AvgIpc) is 2.10. The van der Waals surface area contributed by atoms with Crippen LogP contribution in [0.1, 0.15) is 32.6 Å². The maximum atomic E-state index is 10.6. The fourth-order valence-electron chi connectivity index (χ4n) is 0.918. The topological polar surface area (TPSA) is 38.3 Å². The molecule has 0 aliphatic carbocycles. The van der Waals surface area contributed by atoms with E-state index in [-0.39, 0.29) is 18.4 Å². The molecule has 0 unspecified atom stereocenters. The van der Waals surface area contributed by atoms with Gasteiger partial charge in [-0.25, -0.2) is 0 Å². The van der Waals surface area contributed by atoms with E-state index >= 15 is 0 Å². The number of carbonyl (C=O) groups excluding carboxylic acids is 1. The number of hydrogen-bond acceptors (Lipinski definition) is 3. The van der Waals surface area contributed by atoms with Crippen molar-refractivity contribution in [2.75, 3.05) is 20.2 Å². The molecule has 0 aromatic carbocycles. The molecule has 13 heavy (non-hydrogen) atoms. The van der Waals surface area contributed by atoms with Crippen LogP contribution in [-0.4, -0.2) is 26.2 Å². The normalized spacial score (nSPS) is 9.08. The van der Waals surface area contributed by atoms with Crippen LogP contribution >= 0.6 is 12.4 Å². The van der Waals surface area contributed by atoms with Gasteiger partial charge >= 0.3 is 5.97 Å². The van der Waals surface area contributed by atoms with Crippen LogP contribution < -0.4 is 5.32 Å². The minimum Gasteiger partial charge on any atom is -0.469 e. The zero-order valence-corrected chi connectivity index (χ0v) is 9.28. The van der Waals surface area contributed by atoms with Gasteiger partial charge in [-0.2, -0.15) is 0 Å². The number of halogens is 1. The van der Waals surface area contributed by atoms with E-state index < -0.39 is 0 Å². The second-order valence-electron chi connectivity index (χ2n) is 2.78. The Hall–Kier alpha value is -0.280. The Balaban J connectivity index is 0. The van der Waals surface area contributed by atoms with Crippen LogP contribution in [0.15, 0.2) is 0 Å². The summed E-state index contributed by atoms with van der Waals surface area (Å²) in [5.74, 6) is -0.141. The number of rotatable bonds is 7. The quantitative estimate of drug-likeness (QED) is 0.513. The smallest absolute Gasteiger partial charge is 0.306 e. The van der Waals surface area contributed by atoms with Gasteiger partial charge in [-0.1, -0.05) is 19.8 Å². The van der Waals surface area contributed by atoms with Gasteiger partial charge in [0.2, 0.25) is 0 Å². The number of nitrogens with one attached hydrogen (secondary N) is 1. The molecule has 0 rings (SSSR count). The van der Waals surface area contributed by atoms with E-state index in [9.17, 15) is 4.79 Å². The highest BCUT2D eigenvalue weighted by molar-refractivity contribution is 5.85. The molecule has 0 spiro atoms. The Labute approximate surface area is 86.6 Å². The second-order valence-corrected chi connectivity index (χ2v) is 2.78. The van der Waals surface area contributed by atoms with Gasteiger partial charge in [-0.3, -0.25) is 4.79 Å². The Bertz CT molecular complexity index is 120. The van der Waals surface area contributed by atoms with E-state index in [1.165, 1.54) is 26.4 Å². The maximum absolute atomic E-state index is 10.6. The summed E-state index contributed by atoms with van der Waals surface area (Å²) in [5.41, 5.74) is 0. The fourth-order valence-corrected chi connectivity index (χ4v) is 0.918. The highest BCUT2D eigenvalue weighted by Gasteiger charge is 1.97. The zero-order chi connectivity index (χ0) is 9.23. The van der Waals surface area contributed by atoms with E-state index in [1.807, 2.05) is 0 Å². The Morgan fingerprint density at radius 3 is 2.54 bits per heavy atom.